The summed E-state index contributed by atoms with van der Waals surface area (Å²) in [5.41, 5.74) is 1.32. The van der Waals surface area contributed by atoms with Crippen molar-refractivity contribution < 1.29 is 13.3 Å². The molecule has 0 aliphatic rings. The normalized spacial score (nSPS) is 14.4. The van der Waals surface area contributed by atoms with E-state index in [4.69, 9.17) is 0 Å². The molecule has 0 spiro atoms. The molecule has 0 aliphatic heterocycles. The topological polar surface area (TPSA) is 0 Å². The average Bonchev–Trinajstić information content (AvgIpc) is 2.14. The first-order valence-electron chi connectivity index (χ1n) is 5.39. The Bertz CT molecular complexity index is 155. The number of allylic oxidation sites excluding steroid dienone is 1. The molecule has 3 heteroatoms. The van der Waals surface area contributed by atoms with Crippen LogP contribution in [0.4, 0.5) is 0 Å². The second kappa shape index (κ2) is 12.4. The Morgan fingerprint density at radius 2 is 1.53 bits per heavy atom. The van der Waals surface area contributed by atoms with Gasteiger partial charge in [0, 0.05) is 0 Å². The van der Waals surface area contributed by atoms with Gasteiger partial charge < -0.3 is 0 Å². The van der Waals surface area contributed by atoms with Gasteiger partial charge in [0.25, 0.3) is 0 Å². The maximum atomic E-state index is 3.98. The molecule has 94 valence electrons. The van der Waals surface area contributed by atoms with Gasteiger partial charge in [0.05, 0.1) is 0 Å². The molecular weight excluding hydrogens is 525 g/mol. The van der Waals surface area contributed by atoms with Crippen LogP contribution in [0.5, 0.6) is 0 Å². The van der Waals surface area contributed by atoms with Crippen molar-refractivity contribution in [2.24, 2.45) is 17.8 Å². The molecule has 0 N–H and O–H groups in total. The summed E-state index contributed by atoms with van der Waals surface area (Å²) in [5.74, 6) is 2.38. The third-order valence-electron chi connectivity index (χ3n) is 3.03. The molecule has 0 aromatic heterocycles. The molecule has 0 saturated carbocycles. The fourth-order valence-electron chi connectivity index (χ4n) is 1.09. The number of hydrogen-bond donors (Lipinski definition) is 0. The Morgan fingerprint density at radius 3 is 1.80 bits per heavy atom. The molecule has 0 amide bonds. The Balaban J connectivity index is 0. The molecule has 0 radical (unpaired) electrons. The Hall–Kier alpha value is 1.93. The van der Waals surface area contributed by atoms with E-state index in [1.165, 1.54) is 18.4 Å². The Kier molecular flexibility index (Phi) is 15.9. The molecule has 0 fully saturated rings. The van der Waals surface area contributed by atoms with Crippen LogP contribution in [0.1, 0.15) is 47.5 Å². The van der Waals surface area contributed by atoms with Crippen LogP contribution in [0, 0.1) is 17.8 Å². The second-order valence-electron chi connectivity index (χ2n) is 4.60. The fraction of sp³-hybridized carbons (Fsp3) is 0.833. The van der Waals surface area contributed by atoms with E-state index in [9.17, 15) is 0 Å². The van der Waals surface area contributed by atoms with Crippen LogP contribution in [0.15, 0.2) is 12.2 Å². The Labute approximate surface area is 126 Å². The molecular formula is C12H24I3-. The first-order chi connectivity index (χ1) is 6.86. The van der Waals surface area contributed by atoms with Crippen LogP contribution < -0.4 is 13.3 Å². The van der Waals surface area contributed by atoms with Crippen molar-refractivity contribution in [2.45, 2.75) is 47.5 Å². The van der Waals surface area contributed by atoms with Crippen molar-refractivity contribution in [3.63, 3.8) is 0 Å². The number of rotatable bonds is 5. The minimum atomic E-state index is 0.530. The van der Waals surface area contributed by atoms with Gasteiger partial charge in [-0.3, -0.25) is 0 Å². The third-order valence-corrected chi connectivity index (χ3v) is 3.03. The van der Waals surface area contributed by atoms with Gasteiger partial charge >= 0.3 is 50.5 Å². The van der Waals surface area contributed by atoms with E-state index in [0.717, 1.165) is 11.8 Å². The van der Waals surface area contributed by atoms with Crippen molar-refractivity contribution in [3.05, 3.63) is 12.2 Å². The van der Waals surface area contributed by atoms with E-state index < -0.39 is 0 Å². The van der Waals surface area contributed by atoms with E-state index in [2.05, 4.69) is 78.4 Å². The third kappa shape index (κ3) is 13.9. The van der Waals surface area contributed by atoms with Gasteiger partial charge in [-0.25, -0.2) is 0 Å². The van der Waals surface area contributed by atoms with Gasteiger partial charge in [-0.15, -0.1) is 0 Å². The van der Waals surface area contributed by atoms with Crippen LogP contribution in [0.3, 0.4) is 0 Å². The van der Waals surface area contributed by atoms with Gasteiger partial charge in [0.2, 0.25) is 0 Å². The van der Waals surface area contributed by atoms with Crippen LogP contribution >= 0.6 is 37.2 Å². The van der Waals surface area contributed by atoms with Crippen molar-refractivity contribution in [1.29, 1.82) is 0 Å². The molecule has 0 saturated heterocycles. The SMILES string of the molecule is C=C(C)C(C)CCC(C)C(C)C.I[I-]I. The summed E-state index contributed by atoms with van der Waals surface area (Å²) in [7, 11) is 0. The van der Waals surface area contributed by atoms with Crippen LogP contribution in [0.2, 0.25) is 0 Å². The van der Waals surface area contributed by atoms with Crippen LogP contribution in [-0.2, 0) is 0 Å². The summed E-state index contributed by atoms with van der Waals surface area (Å²) in [6, 6.07) is 0. The van der Waals surface area contributed by atoms with E-state index in [1.54, 1.807) is 0 Å². The van der Waals surface area contributed by atoms with Gasteiger partial charge in [-0.2, -0.15) is 0 Å². The van der Waals surface area contributed by atoms with Crippen molar-refractivity contribution in [2.75, 3.05) is 0 Å². The predicted molar refractivity (Wildman–Crippen MR) is 85.3 cm³/mol. The zero-order chi connectivity index (χ0) is 12.4. The standard InChI is InChI=1S/C12H24.I3/c1-9(2)11(5)7-8-12(6)10(3)4;1-3-2/h10-12H,1,7-8H2,2-6H3;/q;-1. The van der Waals surface area contributed by atoms with Gasteiger partial charge in [0.15, 0.2) is 0 Å². The summed E-state index contributed by atoms with van der Waals surface area (Å²) in [5, 5.41) is 0. The molecule has 0 nitrogen and oxygen atoms in total. The quantitative estimate of drug-likeness (QED) is 0.366. The summed E-state index contributed by atoms with van der Waals surface area (Å²) in [4.78, 5) is 0. The summed E-state index contributed by atoms with van der Waals surface area (Å²) >= 11 is 5.30. The second-order valence-corrected chi connectivity index (χ2v) is 20.8. The zero-order valence-electron chi connectivity index (χ0n) is 10.5. The molecule has 0 bridgehead atoms. The molecule has 0 aliphatic carbocycles. The molecule has 0 rings (SSSR count). The van der Waals surface area contributed by atoms with Crippen LogP contribution in [-0.4, -0.2) is 0 Å². The number of halogens is 3. The molecule has 0 heterocycles. The molecule has 0 aromatic carbocycles. The zero-order valence-corrected chi connectivity index (χ0v) is 17.0. The predicted octanol–water partition coefficient (Wildman–Crippen LogP) is 3.05. The monoisotopic (exact) mass is 549 g/mol. The minimum absolute atomic E-state index is 0.530. The Morgan fingerprint density at radius 1 is 1.13 bits per heavy atom. The first kappa shape index (κ1) is 19.3. The van der Waals surface area contributed by atoms with Gasteiger partial charge in [-0.1, -0.05) is 39.8 Å². The average molecular weight is 549 g/mol. The fourth-order valence-corrected chi connectivity index (χ4v) is 1.09. The van der Waals surface area contributed by atoms with E-state index in [0.29, 0.717) is 19.2 Å². The number of hydrogen-bond acceptors (Lipinski definition) is 0. The summed E-state index contributed by atoms with van der Waals surface area (Å²) in [6.07, 6.45) is 2.64. The van der Waals surface area contributed by atoms with Crippen molar-refractivity contribution in [1.82, 2.24) is 0 Å². The van der Waals surface area contributed by atoms with Gasteiger partial charge in [0.1, 0.15) is 0 Å². The molecule has 0 aromatic rings. The van der Waals surface area contributed by atoms with E-state index in [-0.39, 0.29) is 0 Å². The van der Waals surface area contributed by atoms with Gasteiger partial charge in [-0.05, 0) is 37.5 Å². The van der Waals surface area contributed by atoms with E-state index in [1.807, 2.05) is 0 Å². The molecule has 2 atom stereocenters. The first-order valence-corrected chi connectivity index (χ1v) is 18.0. The van der Waals surface area contributed by atoms with Crippen LogP contribution in [0.25, 0.3) is 0 Å². The molecule has 15 heavy (non-hydrogen) atoms. The van der Waals surface area contributed by atoms with Crippen molar-refractivity contribution >= 4 is 37.2 Å². The summed E-state index contributed by atoms with van der Waals surface area (Å²) < 4.78 is 0. The summed E-state index contributed by atoms with van der Waals surface area (Å²) in [6.45, 7) is 15.3. The molecule has 2 unspecified atom stereocenters. The van der Waals surface area contributed by atoms with Crippen molar-refractivity contribution in [3.8, 4) is 0 Å². The van der Waals surface area contributed by atoms with E-state index >= 15 is 0 Å². The maximum absolute atomic E-state index is 3.98.